The molecule has 0 saturated carbocycles. The summed E-state index contributed by atoms with van der Waals surface area (Å²) < 4.78 is 1.65. The van der Waals surface area contributed by atoms with Gasteiger partial charge >= 0.3 is 0 Å². The number of nitrogens with zero attached hydrogens (tertiary/aromatic N) is 2. The highest BCUT2D eigenvalue weighted by Gasteiger charge is 2.09. The fraction of sp³-hybridized carbons (Fsp3) is 0.222. The number of fused-ring (bicyclic) bond motifs is 1. The van der Waals surface area contributed by atoms with Gasteiger partial charge in [0.25, 0.3) is 0 Å². The first-order valence-corrected chi connectivity index (χ1v) is 4.33. The molecule has 0 atom stereocenters. The molecule has 68 valence electrons. The van der Waals surface area contributed by atoms with Crippen molar-refractivity contribution in [3.8, 4) is 0 Å². The number of aliphatic hydroxyl groups is 1. The number of halogens is 1. The summed E-state index contributed by atoms with van der Waals surface area (Å²) in [6.45, 7) is -0.0449. The van der Waals surface area contributed by atoms with E-state index in [-0.39, 0.29) is 6.61 Å². The Morgan fingerprint density at radius 1 is 1.54 bits per heavy atom. The van der Waals surface area contributed by atoms with Crippen LogP contribution < -0.4 is 0 Å². The van der Waals surface area contributed by atoms with Crippen LogP contribution in [-0.4, -0.2) is 14.9 Å². The Balaban J connectivity index is 2.88. The molecule has 13 heavy (non-hydrogen) atoms. The van der Waals surface area contributed by atoms with Crippen molar-refractivity contribution >= 4 is 22.5 Å². The second kappa shape index (κ2) is 3.01. The summed E-state index contributed by atoms with van der Waals surface area (Å²) >= 11 is 5.99. The van der Waals surface area contributed by atoms with Crippen molar-refractivity contribution in [2.75, 3.05) is 0 Å². The van der Waals surface area contributed by atoms with E-state index in [2.05, 4.69) is 5.10 Å². The molecule has 1 N–H and O–H groups in total. The number of aromatic nitrogens is 2. The lowest BCUT2D eigenvalue weighted by molar-refractivity contribution is 0.272. The van der Waals surface area contributed by atoms with E-state index in [9.17, 15) is 0 Å². The Kier molecular flexibility index (Phi) is 1.98. The van der Waals surface area contributed by atoms with Gasteiger partial charge in [-0.1, -0.05) is 17.7 Å². The predicted molar refractivity (Wildman–Crippen MR) is 51.6 cm³/mol. The lowest BCUT2D eigenvalue weighted by Crippen LogP contribution is -1.97. The van der Waals surface area contributed by atoms with Crippen molar-refractivity contribution < 1.29 is 5.11 Å². The number of benzene rings is 1. The molecule has 2 rings (SSSR count). The minimum atomic E-state index is -0.0449. The summed E-state index contributed by atoms with van der Waals surface area (Å²) in [7, 11) is 1.79. The number of aliphatic hydroxyl groups excluding tert-OH is 1. The maximum Gasteiger partial charge on any atom is 0.0942 e. The molecule has 0 spiro atoms. The molecule has 3 nitrogen and oxygen atoms in total. The number of rotatable bonds is 1. The molecule has 1 aromatic carbocycles. The Bertz CT molecular complexity index is 450. The Morgan fingerprint density at radius 2 is 2.31 bits per heavy atom. The second-order valence-electron chi connectivity index (χ2n) is 2.86. The standard InChI is InChI=1S/C9H9ClN2O/c1-12-8(5-13)9-6(10)3-2-4-7(9)11-12/h2-4,13H,5H2,1H3. The largest absolute Gasteiger partial charge is 0.390 e. The van der Waals surface area contributed by atoms with Gasteiger partial charge in [0.15, 0.2) is 0 Å². The van der Waals surface area contributed by atoms with E-state index >= 15 is 0 Å². The van der Waals surface area contributed by atoms with Crippen LogP contribution in [0.1, 0.15) is 5.69 Å². The van der Waals surface area contributed by atoms with E-state index in [4.69, 9.17) is 16.7 Å². The monoisotopic (exact) mass is 196 g/mol. The smallest absolute Gasteiger partial charge is 0.0942 e. The maximum atomic E-state index is 9.11. The molecule has 0 unspecified atom stereocenters. The molecule has 0 saturated heterocycles. The van der Waals surface area contributed by atoms with Gasteiger partial charge < -0.3 is 5.11 Å². The first-order valence-electron chi connectivity index (χ1n) is 3.95. The van der Waals surface area contributed by atoms with Gasteiger partial charge in [-0.05, 0) is 12.1 Å². The molecule has 1 aromatic heterocycles. The van der Waals surface area contributed by atoms with Crippen molar-refractivity contribution in [1.82, 2.24) is 9.78 Å². The third-order valence-electron chi connectivity index (χ3n) is 2.08. The summed E-state index contributed by atoms with van der Waals surface area (Å²) in [6, 6.07) is 5.52. The van der Waals surface area contributed by atoms with Crippen LogP contribution in [0.4, 0.5) is 0 Å². The highest BCUT2D eigenvalue weighted by Crippen LogP contribution is 2.25. The van der Waals surface area contributed by atoms with Crippen LogP contribution in [0, 0.1) is 0 Å². The van der Waals surface area contributed by atoms with E-state index in [0.29, 0.717) is 5.02 Å². The van der Waals surface area contributed by atoms with Crippen LogP contribution in [0.3, 0.4) is 0 Å². The fourth-order valence-electron chi connectivity index (χ4n) is 1.45. The third kappa shape index (κ3) is 1.20. The van der Waals surface area contributed by atoms with Crippen LogP contribution in [0.5, 0.6) is 0 Å². The Morgan fingerprint density at radius 3 is 3.00 bits per heavy atom. The summed E-state index contributed by atoms with van der Waals surface area (Å²) in [4.78, 5) is 0. The van der Waals surface area contributed by atoms with Crippen molar-refractivity contribution in [2.45, 2.75) is 6.61 Å². The highest BCUT2D eigenvalue weighted by molar-refractivity contribution is 6.35. The average molecular weight is 197 g/mol. The molecule has 4 heteroatoms. The third-order valence-corrected chi connectivity index (χ3v) is 2.39. The molecule has 1 heterocycles. The molecular formula is C9H9ClN2O. The van der Waals surface area contributed by atoms with Gasteiger partial charge in [0.1, 0.15) is 0 Å². The summed E-state index contributed by atoms with van der Waals surface area (Å²) in [5, 5.41) is 14.8. The minimum Gasteiger partial charge on any atom is -0.390 e. The molecule has 2 aromatic rings. The molecular weight excluding hydrogens is 188 g/mol. The van der Waals surface area contributed by atoms with Crippen molar-refractivity contribution in [2.24, 2.45) is 7.05 Å². The number of hydrogen-bond acceptors (Lipinski definition) is 2. The van der Waals surface area contributed by atoms with Gasteiger partial charge in [0.05, 0.1) is 22.8 Å². The molecule has 0 aliphatic rings. The van der Waals surface area contributed by atoms with Gasteiger partial charge in [0, 0.05) is 12.4 Å². The molecule has 0 fully saturated rings. The van der Waals surface area contributed by atoms with E-state index in [1.807, 2.05) is 12.1 Å². The zero-order valence-electron chi connectivity index (χ0n) is 7.16. The quantitative estimate of drug-likeness (QED) is 0.754. The van der Waals surface area contributed by atoms with E-state index in [0.717, 1.165) is 16.6 Å². The topological polar surface area (TPSA) is 38.0 Å². The van der Waals surface area contributed by atoms with Gasteiger partial charge in [-0.2, -0.15) is 5.10 Å². The van der Waals surface area contributed by atoms with Gasteiger partial charge in [0.2, 0.25) is 0 Å². The van der Waals surface area contributed by atoms with Gasteiger partial charge in [-0.3, -0.25) is 4.68 Å². The van der Waals surface area contributed by atoms with Crippen LogP contribution in [0.25, 0.3) is 10.9 Å². The van der Waals surface area contributed by atoms with E-state index in [1.54, 1.807) is 17.8 Å². The van der Waals surface area contributed by atoms with Crippen molar-refractivity contribution in [1.29, 1.82) is 0 Å². The second-order valence-corrected chi connectivity index (χ2v) is 3.27. The lowest BCUT2D eigenvalue weighted by Gasteiger charge is -1.97. The normalized spacial score (nSPS) is 11.0. The van der Waals surface area contributed by atoms with Crippen molar-refractivity contribution in [3.63, 3.8) is 0 Å². The van der Waals surface area contributed by atoms with Gasteiger partial charge in [-0.25, -0.2) is 0 Å². The highest BCUT2D eigenvalue weighted by atomic mass is 35.5. The van der Waals surface area contributed by atoms with Crippen LogP contribution in [0.2, 0.25) is 5.02 Å². The van der Waals surface area contributed by atoms with Crippen LogP contribution in [0.15, 0.2) is 18.2 Å². The molecule has 0 aliphatic carbocycles. The van der Waals surface area contributed by atoms with Crippen LogP contribution in [-0.2, 0) is 13.7 Å². The van der Waals surface area contributed by atoms with Crippen LogP contribution >= 0.6 is 11.6 Å². The number of hydrogen-bond donors (Lipinski definition) is 1. The Labute approximate surface area is 80.5 Å². The number of aryl methyl sites for hydroxylation is 1. The lowest BCUT2D eigenvalue weighted by atomic mass is 10.2. The molecule has 0 amide bonds. The zero-order valence-corrected chi connectivity index (χ0v) is 7.91. The maximum absolute atomic E-state index is 9.11. The zero-order chi connectivity index (χ0) is 9.42. The summed E-state index contributed by atoms with van der Waals surface area (Å²) in [6.07, 6.45) is 0. The molecule has 0 aliphatic heterocycles. The SMILES string of the molecule is Cn1nc2cccc(Cl)c2c1CO. The van der Waals surface area contributed by atoms with Gasteiger partial charge in [-0.15, -0.1) is 0 Å². The first kappa shape index (κ1) is 8.53. The first-order chi connectivity index (χ1) is 6.24. The summed E-state index contributed by atoms with van der Waals surface area (Å²) in [5.41, 5.74) is 1.57. The molecule has 0 radical (unpaired) electrons. The van der Waals surface area contributed by atoms with E-state index < -0.39 is 0 Å². The Hall–Kier alpha value is -1.06. The van der Waals surface area contributed by atoms with E-state index in [1.165, 1.54) is 0 Å². The predicted octanol–water partition coefficient (Wildman–Crippen LogP) is 1.72. The minimum absolute atomic E-state index is 0.0449. The summed E-state index contributed by atoms with van der Waals surface area (Å²) in [5.74, 6) is 0. The average Bonchev–Trinajstić information content (AvgIpc) is 2.42. The fourth-order valence-corrected chi connectivity index (χ4v) is 1.73. The van der Waals surface area contributed by atoms with Crippen molar-refractivity contribution in [3.05, 3.63) is 28.9 Å². The molecule has 0 bridgehead atoms.